The number of hydrogen-bond donors (Lipinski definition) is 2. The molecule has 0 aliphatic rings. The molecule has 0 atom stereocenters. The standard InChI is InChI=1S/C5H4N4O/c6-1-3-4(7)5(10)9-2-8-3/h2H,7H2,(H,8,9,10). The fraction of sp³-hybridized carbons (Fsp3) is 0. The Balaban J connectivity index is 3.46. The summed E-state index contributed by atoms with van der Waals surface area (Å²) < 4.78 is 0. The summed E-state index contributed by atoms with van der Waals surface area (Å²) in [5, 5.41) is 8.30. The van der Waals surface area contributed by atoms with Crippen LogP contribution in [0.4, 0.5) is 5.69 Å². The molecular formula is C5H4N4O. The zero-order valence-corrected chi connectivity index (χ0v) is 4.96. The Bertz CT molecular complexity index is 334. The molecule has 10 heavy (non-hydrogen) atoms. The summed E-state index contributed by atoms with van der Waals surface area (Å²) in [6, 6.07) is 1.68. The number of rotatable bonds is 0. The molecular weight excluding hydrogens is 132 g/mol. The smallest absolute Gasteiger partial charge is 0.275 e. The lowest BCUT2D eigenvalue weighted by Crippen LogP contribution is -2.13. The molecule has 0 saturated heterocycles. The Labute approximate surface area is 56.1 Å². The zero-order valence-electron chi connectivity index (χ0n) is 4.96. The van der Waals surface area contributed by atoms with Crippen molar-refractivity contribution in [3.8, 4) is 6.07 Å². The number of hydrogen-bond acceptors (Lipinski definition) is 4. The highest BCUT2D eigenvalue weighted by Crippen LogP contribution is 1.94. The van der Waals surface area contributed by atoms with Gasteiger partial charge in [0.25, 0.3) is 5.56 Å². The predicted molar refractivity (Wildman–Crippen MR) is 34.0 cm³/mol. The molecule has 0 amide bonds. The Hall–Kier alpha value is -1.83. The van der Waals surface area contributed by atoms with E-state index >= 15 is 0 Å². The van der Waals surface area contributed by atoms with E-state index in [0.717, 1.165) is 6.33 Å². The van der Waals surface area contributed by atoms with Gasteiger partial charge in [0, 0.05) is 0 Å². The van der Waals surface area contributed by atoms with Crippen molar-refractivity contribution >= 4 is 5.69 Å². The van der Waals surface area contributed by atoms with E-state index in [2.05, 4.69) is 9.97 Å². The van der Waals surface area contributed by atoms with E-state index in [1.807, 2.05) is 0 Å². The van der Waals surface area contributed by atoms with Crippen molar-refractivity contribution in [3.63, 3.8) is 0 Å². The van der Waals surface area contributed by atoms with Crippen LogP contribution in [0.3, 0.4) is 0 Å². The van der Waals surface area contributed by atoms with E-state index in [0.29, 0.717) is 0 Å². The predicted octanol–water partition coefficient (Wildman–Crippen LogP) is -0.776. The maximum Gasteiger partial charge on any atom is 0.275 e. The molecule has 0 unspecified atom stereocenters. The summed E-state index contributed by atoms with van der Waals surface area (Å²) in [6.07, 6.45) is 1.14. The molecule has 0 saturated carbocycles. The number of anilines is 1. The third-order valence-corrected chi connectivity index (χ3v) is 0.995. The lowest BCUT2D eigenvalue weighted by atomic mass is 10.4. The maximum absolute atomic E-state index is 10.6. The number of aromatic nitrogens is 2. The molecule has 5 nitrogen and oxygen atoms in total. The molecule has 0 bridgehead atoms. The number of nitrogen functional groups attached to an aromatic ring is 1. The van der Waals surface area contributed by atoms with Crippen LogP contribution in [0.15, 0.2) is 11.1 Å². The number of nitriles is 1. The fourth-order valence-corrected chi connectivity index (χ4v) is 0.499. The van der Waals surface area contributed by atoms with Gasteiger partial charge in [-0.15, -0.1) is 0 Å². The lowest BCUT2D eigenvalue weighted by Gasteiger charge is -1.89. The first-order valence-electron chi connectivity index (χ1n) is 2.49. The van der Waals surface area contributed by atoms with Gasteiger partial charge in [-0.3, -0.25) is 4.79 Å². The van der Waals surface area contributed by atoms with Gasteiger partial charge >= 0.3 is 0 Å². The van der Waals surface area contributed by atoms with Crippen LogP contribution in [-0.4, -0.2) is 9.97 Å². The van der Waals surface area contributed by atoms with Gasteiger partial charge in [0.05, 0.1) is 6.33 Å². The van der Waals surface area contributed by atoms with Crippen molar-refractivity contribution < 1.29 is 0 Å². The molecule has 0 fully saturated rings. The minimum Gasteiger partial charge on any atom is -0.392 e. The molecule has 5 heteroatoms. The maximum atomic E-state index is 10.6. The average molecular weight is 136 g/mol. The lowest BCUT2D eigenvalue weighted by molar-refractivity contribution is 1.10. The fourth-order valence-electron chi connectivity index (χ4n) is 0.499. The number of aromatic amines is 1. The molecule has 0 aromatic carbocycles. The largest absolute Gasteiger partial charge is 0.392 e. The molecule has 0 aliphatic carbocycles. The van der Waals surface area contributed by atoms with Crippen LogP contribution in [0.1, 0.15) is 5.69 Å². The molecule has 1 rings (SSSR count). The quantitative estimate of drug-likeness (QED) is 0.489. The van der Waals surface area contributed by atoms with Crippen molar-refractivity contribution in [2.45, 2.75) is 0 Å². The Kier molecular flexibility index (Phi) is 1.38. The van der Waals surface area contributed by atoms with Crippen LogP contribution in [0, 0.1) is 11.3 Å². The first-order chi connectivity index (χ1) is 4.75. The Morgan fingerprint density at radius 3 is 3.00 bits per heavy atom. The highest BCUT2D eigenvalue weighted by Gasteiger charge is 2.00. The summed E-state index contributed by atoms with van der Waals surface area (Å²) in [5.74, 6) is 0. The van der Waals surface area contributed by atoms with Crippen LogP contribution in [0.25, 0.3) is 0 Å². The molecule has 1 heterocycles. The average Bonchev–Trinajstić information content (AvgIpc) is 1.95. The summed E-state index contributed by atoms with van der Waals surface area (Å²) in [5.41, 5.74) is 4.51. The van der Waals surface area contributed by atoms with E-state index in [4.69, 9.17) is 11.0 Å². The summed E-state index contributed by atoms with van der Waals surface area (Å²) in [7, 11) is 0. The molecule has 0 radical (unpaired) electrons. The molecule has 1 aromatic heterocycles. The van der Waals surface area contributed by atoms with Gasteiger partial charge in [-0.25, -0.2) is 4.98 Å². The van der Waals surface area contributed by atoms with E-state index in [-0.39, 0.29) is 11.4 Å². The van der Waals surface area contributed by atoms with Crippen LogP contribution in [-0.2, 0) is 0 Å². The van der Waals surface area contributed by atoms with Gasteiger partial charge in [0.2, 0.25) is 0 Å². The van der Waals surface area contributed by atoms with E-state index in [9.17, 15) is 4.79 Å². The highest BCUT2D eigenvalue weighted by atomic mass is 16.1. The van der Waals surface area contributed by atoms with Gasteiger partial charge in [-0.2, -0.15) is 5.26 Å². The summed E-state index contributed by atoms with van der Waals surface area (Å²) in [6.45, 7) is 0. The van der Waals surface area contributed by atoms with Crippen molar-refractivity contribution in [2.24, 2.45) is 0 Å². The van der Waals surface area contributed by atoms with Gasteiger partial charge in [0.1, 0.15) is 11.8 Å². The zero-order chi connectivity index (χ0) is 7.56. The Morgan fingerprint density at radius 2 is 2.50 bits per heavy atom. The van der Waals surface area contributed by atoms with Crippen LogP contribution < -0.4 is 11.3 Å². The third kappa shape index (κ3) is 0.821. The normalized spacial score (nSPS) is 8.70. The topological polar surface area (TPSA) is 95.6 Å². The number of nitrogens with one attached hydrogen (secondary N) is 1. The minimum absolute atomic E-state index is 0.0382. The third-order valence-electron chi connectivity index (χ3n) is 0.995. The summed E-state index contributed by atoms with van der Waals surface area (Å²) in [4.78, 5) is 16.4. The molecule has 1 aromatic rings. The van der Waals surface area contributed by atoms with Crippen molar-refractivity contribution in [1.29, 1.82) is 5.26 Å². The first kappa shape index (κ1) is 6.29. The second-order valence-corrected chi connectivity index (χ2v) is 1.61. The van der Waals surface area contributed by atoms with E-state index < -0.39 is 5.56 Å². The van der Waals surface area contributed by atoms with Crippen molar-refractivity contribution in [3.05, 3.63) is 22.4 Å². The van der Waals surface area contributed by atoms with Gasteiger partial charge in [-0.1, -0.05) is 0 Å². The SMILES string of the molecule is N#Cc1nc[nH]c(=O)c1N. The van der Waals surface area contributed by atoms with Crippen molar-refractivity contribution in [2.75, 3.05) is 5.73 Å². The number of nitrogens with zero attached hydrogens (tertiary/aromatic N) is 2. The molecule has 0 aliphatic heterocycles. The van der Waals surface area contributed by atoms with Crippen LogP contribution in [0.5, 0.6) is 0 Å². The highest BCUT2D eigenvalue weighted by molar-refractivity contribution is 5.46. The van der Waals surface area contributed by atoms with Gasteiger partial charge < -0.3 is 10.7 Å². The molecule has 3 N–H and O–H groups in total. The second kappa shape index (κ2) is 2.19. The van der Waals surface area contributed by atoms with Gasteiger partial charge in [-0.05, 0) is 0 Å². The van der Waals surface area contributed by atoms with E-state index in [1.54, 1.807) is 6.07 Å². The van der Waals surface area contributed by atoms with Crippen molar-refractivity contribution in [1.82, 2.24) is 9.97 Å². The monoisotopic (exact) mass is 136 g/mol. The van der Waals surface area contributed by atoms with Crippen LogP contribution >= 0.6 is 0 Å². The van der Waals surface area contributed by atoms with E-state index in [1.165, 1.54) is 0 Å². The molecule has 0 spiro atoms. The number of H-pyrrole nitrogens is 1. The summed E-state index contributed by atoms with van der Waals surface area (Å²) >= 11 is 0. The van der Waals surface area contributed by atoms with Crippen LogP contribution in [0.2, 0.25) is 0 Å². The van der Waals surface area contributed by atoms with Gasteiger partial charge in [0.15, 0.2) is 5.69 Å². The number of nitrogens with two attached hydrogens (primary N) is 1. The minimum atomic E-state index is -0.480. The molecule has 50 valence electrons. The first-order valence-corrected chi connectivity index (χ1v) is 2.49. The second-order valence-electron chi connectivity index (χ2n) is 1.61. The Morgan fingerprint density at radius 1 is 1.80 bits per heavy atom.